The Labute approximate surface area is 208 Å². The van der Waals surface area contributed by atoms with E-state index in [0.717, 1.165) is 4.90 Å². The van der Waals surface area contributed by atoms with Gasteiger partial charge in [-0.3, -0.25) is 5.41 Å². The van der Waals surface area contributed by atoms with Gasteiger partial charge in [-0.05, 0) is 56.7 Å². The standard InChI is InChI=1S/C22H24ClF4N3O3S2/c1-13(2)35(32,33)16-8-6-15(7-9-16)34(31)29-18-5-3-4-17(23)20(18)21(28)30-11-10-14(24)12-19(30)22(25,26)27/h3-9,13-14,19,28-29H,10-12H2,1-2H3. The van der Waals surface area contributed by atoms with Crippen LogP contribution in [0.25, 0.3) is 0 Å². The largest absolute Gasteiger partial charge is 0.408 e. The first-order valence-electron chi connectivity index (χ1n) is 10.6. The van der Waals surface area contributed by atoms with Crippen LogP contribution >= 0.6 is 11.6 Å². The molecule has 0 amide bonds. The Morgan fingerprint density at radius 3 is 2.40 bits per heavy atom. The van der Waals surface area contributed by atoms with Crippen LogP contribution in [0.15, 0.2) is 52.3 Å². The van der Waals surface area contributed by atoms with Gasteiger partial charge in [-0.15, -0.1) is 0 Å². The molecule has 3 unspecified atom stereocenters. The third-order valence-electron chi connectivity index (χ3n) is 5.64. The van der Waals surface area contributed by atoms with Crippen molar-refractivity contribution in [3.05, 3.63) is 53.1 Å². The Balaban J connectivity index is 1.90. The van der Waals surface area contributed by atoms with E-state index in [9.17, 15) is 30.2 Å². The summed E-state index contributed by atoms with van der Waals surface area (Å²) in [5.41, 5.74) is -0.0592. The highest BCUT2D eigenvalue weighted by Crippen LogP contribution is 2.36. The van der Waals surface area contributed by atoms with Gasteiger partial charge in [0.2, 0.25) is 0 Å². The molecule has 1 saturated heterocycles. The van der Waals surface area contributed by atoms with Crippen molar-refractivity contribution in [3.63, 3.8) is 0 Å². The summed E-state index contributed by atoms with van der Waals surface area (Å²) >= 11 is 6.24. The molecule has 1 heterocycles. The van der Waals surface area contributed by atoms with Crippen LogP contribution in [-0.2, 0) is 20.8 Å². The molecule has 0 spiro atoms. The second kappa shape index (κ2) is 10.4. The van der Waals surface area contributed by atoms with Crippen LogP contribution < -0.4 is 4.72 Å². The molecule has 1 fully saturated rings. The van der Waals surface area contributed by atoms with Crippen LogP contribution in [0.4, 0.5) is 23.2 Å². The Morgan fingerprint density at radius 2 is 1.83 bits per heavy atom. The van der Waals surface area contributed by atoms with Crippen LogP contribution in [0.5, 0.6) is 0 Å². The van der Waals surface area contributed by atoms with Crippen molar-refractivity contribution >= 4 is 43.9 Å². The van der Waals surface area contributed by atoms with E-state index in [1.54, 1.807) is 0 Å². The van der Waals surface area contributed by atoms with Gasteiger partial charge < -0.3 is 9.62 Å². The second-order valence-corrected chi connectivity index (χ2v) is 12.4. The first-order valence-corrected chi connectivity index (χ1v) is 13.7. The van der Waals surface area contributed by atoms with Crippen molar-refractivity contribution in [2.24, 2.45) is 0 Å². The van der Waals surface area contributed by atoms with E-state index in [0.29, 0.717) is 0 Å². The molecule has 0 radical (unpaired) electrons. The van der Waals surface area contributed by atoms with Gasteiger partial charge in [0.05, 0.1) is 31.3 Å². The summed E-state index contributed by atoms with van der Waals surface area (Å²) in [6.07, 6.45) is -7.35. The van der Waals surface area contributed by atoms with E-state index in [2.05, 4.69) is 4.72 Å². The summed E-state index contributed by atoms with van der Waals surface area (Å²) < 4.78 is 94.7. The van der Waals surface area contributed by atoms with Crippen molar-refractivity contribution in [2.45, 2.75) is 60.1 Å². The number of hydrogen-bond acceptors (Lipinski definition) is 4. The highest BCUT2D eigenvalue weighted by atomic mass is 35.5. The molecular weight excluding hydrogens is 530 g/mol. The van der Waals surface area contributed by atoms with Gasteiger partial charge in [0, 0.05) is 13.0 Å². The molecule has 0 bridgehead atoms. The maximum absolute atomic E-state index is 13.8. The summed E-state index contributed by atoms with van der Waals surface area (Å²) in [6, 6.07) is 7.45. The molecule has 192 valence electrons. The average molecular weight is 554 g/mol. The molecule has 6 nitrogen and oxygen atoms in total. The first kappa shape index (κ1) is 27.4. The molecule has 0 aliphatic carbocycles. The molecule has 0 saturated carbocycles. The minimum Gasteiger partial charge on any atom is -0.344 e. The fourth-order valence-corrected chi connectivity index (χ4v) is 5.87. The number of nitrogens with zero attached hydrogens (tertiary/aromatic N) is 1. The van der Waals surface area contributed by atoms with Crippen LogP contribution in [0.2, 0.25) is 5.02 Å². The topological polar surface area (TPSA) is 90.3 Å². The van der Waals surface area contributed by atoms with Gasteiger partial charge >= 0.3 is 6.18 Å². The number of amidine groups is 1. The predicted octanol–water partition coefficient (Wildman–Crippen LogP) is 5.35. The SMILES string of the molecule is CC(C)S(=O)(=O)c1ccc(S(=O)Nc2cccc(Cl)c2C(=N)N2CCC(F)CC2C(F)(F)F)cc1. The highest BCUT2D eigenvalue weighted by Gasteiger charge is 2.48. The average Bonchev–Trinajstić information content (AvgIpc) is 2.78. The number of halogens is 5. The zero-order chi connectivity index (χ0) is 26.1. The van der Waals surface area contributed by atoms with E-state index in [4.69, 9.17) is 17.0 Å². The van der Waals surface area contributed by atoms with Crippen molar-refractivity contribution in [3.8, 4) is 0 Å². The molecule has 3 atom stereocenters. The maximum Gasteiger partial charge on any atom is 0.408 e. The molecule has 13 heteroatoms. The summed E-state index contributed by atoms with van der Waals surface area (Å²) in [4.78, 5) is 1.03. The Morgan fingerprint density at radius 1 is 1.20 bits per heavy atom. The van der Waals surface area contributed by atoms with Crippen LogP contribution in [-0.4, -0.2) is 53.5 Å². The number of piperidine rings is 1. The molecule has 35 heavy (non-hydrogen) atoms. The van der Waals surface area contributed by atoms with Crippen LogP contribution in [0.3, 0.4) is 0 Å². The van der Waals surface area contributed by atoms with E-state index >= 15 is 0 Å². The zero-order valence-corrected chi connectivity index (χ0v) is 21.2. The van der Waals surface area contributed by atoms with Crippen molar-refractivity contribution in [1.82, 2.24) is 4.90 Å². The van der Waals surface area contributed by atoms with Crippen LogP contribution in [0, 0.1) is 5.41 Å². The van der Waals surface area contributed by atoms with Gasteiger partial charge in [0.15, 0.2) is 9.84 Å². The maximum atomic E-state index is 13.8. The predicted molar refractivity (Wildman–Crippen MR) is 128 cm³/mol. The van der Waals surface area contributed by atoms with Crippen molar-refractivity contribution in [2.75, 3.05) is 11.3 Å². The highest BCUT2D eigenvalue weighted by molar-refractivity contribution is 7.92. The minimum absolute atomic E-state index is 0.0429. The Hall–Kier alpha value is -2.18. The molecular formula is C22H24ClF4N3O3S2. The monoisotopic (exact) mass is 553 g/mol. The Bertz CT molecular complexity index is 1220. The molecule has 1 aliphatic heterocycles. The quantitative estimate of drug-likeness (QED) is 0.287. The molecule has 0 aromatic heterocycles. The number of sulfone groups is 1. The fourth-order valence-electron chi connectivity index (χ4n) is 3.68. The van der Waals surface area contributed by atoms with Gasteiger partial charge in [-0.1, -0.05) is 17.7 Å². The normalized spacial score (nSPS) is 20.1. The molecule has 3 rings (SSSR count). The van der Waals surface area contributed by atoms with Crippen LogP contribution in [0.1, 0.15) is 32.3 Å². The van der Waals surface area contributed by atoms with E-state index in [-0.39, 0.29) is 39.0 Å². The number of anilines is 1. The lowest BCUT2D eigenvalue weighted by molar-refractivity contribution is -0.184. The van der Waals surface area contributed by atoms with Gasteiger partial charge in [0.25, 0.3) is 0 Å². The van der Waals surface area contributed by atoms with E-state index in [1.165, 1.54) is 56.3 Å². The van der Waals surface area contributed by atoms with E-state index < -0.39 is 56.7 Å². The summed E-state index contributed by atoms with van der Waals surface area (Å²) in [7, 11) is -5.48. The van der Waals surface area contributed by atoms with Gasteiger partial charge in [-0.25, -0.2) is 17.0 Å². The lowest BCUT2D eigenvalue weighted by Gasteiger charge is -2.40. The summed E-state index contributed by atoms with van der Waals surface area (Å²) in [5, 5.41) is 7.80. The van der Waals surface area contributed by atoms with Crippen molar-refractivity contribution < 1.29 is 30.2 Å². The van der Waals surface area contributed by atoms with Gasteiger partial charge in [0.1, 0.15) is 29.0 Å². The zero-order valence-electron chi connectivity index (χ0n) is 18.8. The van der Waals surface area contributed by atoms with Gasteiger partial charge in [-0.2, -0.15) is 13.2 Å². The number of rotatable bonds is 6. The third kappa shape index (κ3) is 5.97. The smallest absolute Gasteiger partial charge is 0.344 e. The molecule has 2 aromatic rings. The first-order chi connectivity index (χ1) is 16.2. The molecule has 2 N–H and O–H groups in total. The minimum atomic E-state index is -4.76. The number of nitrogens with one attached hydrogen (secondary N) is 2. The summed E-state index contributed by atoms with van der Waals surface area (Å²) in [6.45, 7) is 2.75. The lowest BCUT2D eigenvalue weighted by atomic mass is 9.98. The third-order valence-corrected chi connectivity index (χ3v) is 9.23. The Kier molecular flexibility index (Phi) is 8.17. The van der Waals surface area contributed by atoms with Crippen molar-refractivity contribution in [1.29, 1.82) is 5.41 Å². The second-order valence-electron chi connectivity index (χ2n) is 8.32. The molecule has 1 aliphatic rings. The summed E-state index contributed by atoms with van der Waals surface area (Å²) in [5.74, 6) is -0.567. The van der Waals surface area contributed by atoms with E-state index in [1.807, 2.05) is 0 Å². The fraction of sp³-hybridized carbons (Fsp3) is 0.409. The number of alkyl halides is 4. The molecule has 2 aromatic carbocycles. The number of benzene rings is 2. The number of likely N-dealkylation sites (tertiary alicyclic amines) is 1. The number of hydrogen-bond donors (Lipinski definition) is 2. The lowest BCUT2D eigenvalue weighted by Crippen LogP contribution is -2.53.